The Morgan fingerprint density at radius 3 is 2.71 bits per heavy atom. The number of rotatable bonds is 6. The lowest BCUT2D eigenvalue weighted by molar-refractivity contribution is -0.139. The maximum absolute atomic E-state index is 13.8. The molecular formula is C29H25BrN2O5S. The molecule has 7 nitrogen and oxygen atoms in total. The number of allylic oxidation sites excluding steroid dienone is 1. The van der Waals surface area contributed by atoms with Crippen LogP contribution >= 0.6 is 27.3 Å². The number of fused-ring (bicyclic) bond motifs is 1. The molecule has 0 aliphatic carbocycles. The highest BCUT2D eigenvalue weighted by molar-refractivity contribution is 9.10. The fraction of sp³-hybridized carbons (Fsp3) is 0.207. The number of hydrogen-bond acceptors (Lipinski definition) is 7. The van der Waals surface area contributed by atoms with Gasteiger partial charge < -0.3 is 13.9 Å². The van der Waals surface area contributed by atoms with E-state index in [4.69, 9.17) is 13.9 Å². The van der Waals surface area contributed by atoms with Crippen LogP contribution in [0.25, 0.3) is 17.4 Å². The van der Waals surface area contributed by atoms with Gasteiger partial charge in [0, 0.05) is 21.7 Å². The maximum Gasteiger partial charge on any atom is 0.338 e. The van der Waals surface area contributed by atoms with E-state index in [0.29, 0.717) is 43.4 Å². The van der Waals surface area contributed by atoms with Gasteiger partial charge in [-0.05, 0) is 56.7 Å². The summed E-state index contributed by atoms with van der Waals surface area (Å²) in [5.74, 6) is 1.26. The SMILES string of the molecule is CCOC(=O)C1=C(C)N=c2s/c(=C\c3ccc(-c4ccc(C)cc4Br)o3)c(=O)n2C1c1ccccc1OC. The summed E-state index contributed by atoms with van der Waals surface area (Å²) in [4.78, 5) is 32.0. The third-order valence-electron chi connectivity index (χ3n) is 6.24. The van der Waals surface area contributed by atoms with Crippen molar-refractivity contribution in [1.82, 2.24) is 4.57 Å². The lowest BCUT2D eigenvalue weighted by Gasteiger charge is -2.25. The first-order chi connectivity index (χ1) is 18.3. The fourth-order valence-corrected chi connectivity index (χ4v) is 6.22. The Bertz CT molecular complexity index is 1760. The molecule has 2 aromatic heterocycles. The van der Waals surface area contributed by atoms with E-state index in [0.717, 1.165) is 15.6 Å². The molecule has 0 saturated carbocycles. The first-order valence-electron chi connectivity index (χ1n) is 12.0. The molecule has 4 aromatic rings. The number of benzene rings is 2. The highest BCUT2D eigenvalue weighted by atomic mass is 79.9. The minimum Gasteiger partial charge on any atom is -0.496 e. The molecule has 0 N–H and O–H groups in total. The van der Waals surface area contributed by atoms with E-state index in [2.05, 4.69) is 20.9 Å². The second-order valence-corrected chi connectivity index (χ2v) is 10.6. The number of carbonyl (C=O) groups excluding carboxylic acids is 1. The topological polar surface area (TPSA) is 83.0 Å². The van der Waals surface area contributed by atoms with Crippen molar-refractivity contribution >= 4 is 39.3 Å². The number of methoxy groups -OCH3 is 1. The van der Waals surface area contributed by atoms with Gasteiger partial charge in [-0.2, -0.15) is 0 Å². The van der Waals surface area contributed by atoms with E-state index in [1.165, 1.54) is 15.9 Å². The molecule has 0 radical (unpaired) electrons. The smallest absolute Gasteiger partial charge is 0.338 e. The molecule has 0 spiro atoms. The number of carbonyl (C=O) groups is 1. The minimum absolute atomic E-state index is 0.205. The molecule has 194 valence electrons. The molecule has 9 heteroatoms. The summed E-state index contributed by atoms with van der Waals surface area (Å²) in [6.45, 7) is 5.73. The number of ether oxygens (including phenoxy) is 2. The van der Waals surface area contributed by atoms with E-state index < -0.39 is 12.0 Å². The van der Waals surface area contributed by atoms with Crippen molar-refractivity contribution in [2.75, 3.05) is 13.7 Å². The van der Waals surface area contributed by atoms with Gasteiger partial charge in [-0.3, -0.25) is 9.36 Å². The van der Waals surface area contributed by atoms with Gasteiger partial charge >= 0.3 is 5.97 Å². The summed E-state index contributed by atoms with van der Waals surface area (Å²) in [5.41, 5.74) is 3.24. The van der Waals surface area contributed by atoms with Gasteiger partial charge in [0.15, 0.2) is 4.80 Å². The largest absolute Gasteiger partial charge is 0.496 e. The van der Waals surface area contributed by atoms with Gasteiger partial charge in [0.2, 0.25) is 0 Å². The standard InChI is InChI=1S/C29H25BrN2O5S/c1-5-36-28(34)25-17(3)31-29-32(26(25)20-8-6-7-9-22(20)35-4)27(33)24(38-29)15-18-11-13-23(37-18)19-12-10-16(2)14-21(19)30/h6-15,26H,5H2,1-4H3/b24-15-. The summed E-state index contributed by atoms with van der Waals surface area (Å²) in [7, 11) is 1.56. The molecule has 0 amide bonds. The van der Waals surface area contributed by atoms with Gasteiger partial charge in [0.25, 0.3) is 5.56 Å². The number of para-hydroxylation sites is 1. The lowest BCUT2D eigenvalue weighted by atomic mass is 9.95. The Morgan fingerprint density at radius 1 is 1.18 bits per heavy atom. The van der Waals surface area contributed by atoms with E-state index in [-0.39, 0.29) is 12.2 Å². The predicted molar refractivity (Wildman–Crippen MR) is 150 cm³/mol. The molecule has 1 aliphatic heterocycles. The maximum atomic E-state index is 13.8. The molecule has 1 unspecified atom stereocenters. The normalized spacial score (nSPS) is 15.3. The molecular weight excluding hydrogens is 568 g/mol. The number of esters is 1. The van der Waals surface area contributed by atoms with Gasteiger partial charge in [0.1, 0.15) is 23.3 Å². The van der Waals surface area contributed by atoms with E-state index >= 15 is 0 Å². The van der Waals surface area contributed by atoms with E-state index in [1.807, 2.05) is 55.5 Å². The number of aryl methyl sites for hydroxylation is 1. The van der Waals surface area contributed by atoms with Crippen molar-refractivity contribution in [3.05, 3.63) is 107 Å². The zero-order valence-electron chi connectivity index (χ0n) is 21.3. The Morgan fingerprint density at radius 2 is 1.97 bits per heavy atom. The van der Waals surface area contributed by atoms with Crippen LogP contribution in [-0.2, 0) is 9.53 Å². The van der Waals surface area contributed by atoms with Crippen molar-refractivity contribution in [3.8, 4) is 17.1 Å². The van der Waals surface area contributed by atoms with Crippen molar-refractivity contribution < 1.29 is 18.7 Å². The molecule has 3 heterocycles. The van der Waals surface area contributed by atoms with Crippen LogP contribution in [0.2, 0.25) is 0 Å². The van der Waals surface area contributed by atoms with Crippen LogP contribution in [0.1, 0.15) is 36.8 Å². The summed E-state index contributed by atoms with van der Waals surface area (Å²) >= 11 is 4.84. The van der Waals surface area contributed by atoms with Crippen LogP contribution in [0.4, 0.5) is 0 Å². The van der Waals surface area contributed by atoms with Gasteiger partial charge in [0.05, 0.1) is 29.5 Å². The molecule has 5 rings (SSSR count). The third-order valence-corrected chi connectivity index (χ3v) is 7.88. The number of thiazole rings is 1. The highest BCUT2D eigenvalue weighted by Crippen LogP contribution is 2.36. The van der Waals surface area contributed by atoms with Gasteiger partial charge in [-0.15, -0.1) is 0 Å². The van der Waals surface area contributed by atoms with Crippen LogP contribution in [0.3, 0.4) is 0 Å². The average Bonchev–Trinajstić information content (AvgIpc) is 3.47. The summed E-state index contributed by atoms with van der Waals surface area (Å²) < 4.78 is 19.9. The van der Waals surface area contributed by atoms with Crippen LogP contribution in [0.15, 0.2) is 84.5 Å². The second-order valence-electron chi connectivity index (χ2n) is 8.73. The quantitative estimate of drug-likeness (QED) is 0.290. The van der Waals surface area contributed by atoms with Crippen LogP contribution in [-0.4, -0.2) is 24.3 Å². The predicted octanol–water partition coefficient (Wildman–Crippen LogP) is 5.14. The molecule has 0 bridgehead atoms. The molecule has 2 aromatic carbocycles. The van der Waals surface area contributed by atoms with Crippen LogP contribution in [0, 0.1) is 6.92 Å². The Balaban J connectivity index is 1.66. The molecule has 1 atom stereocenters. The highest BCUT2D eigenvalue weighted by Gasteiger charge is 2.35. The Labute approximate surface area is 231 Å². The summed E-state index contributed by atoms with van der Waals surface area (Å²) in [5, 5.41) is 0. The monoisotopic (exact) mass is 592 g/mol. The van der Waals surface area contributed by atoms with Crippen molar-refractivity contribution in [2.24, 2.45) is 4.99 Å². The van der Waals surface area contributed by atoms with E-state index in [1.54, 1.807) is 33.1 Å². The summed E-state index contributed by atoms with van der Waals surface area (Å²) in [6, 6.07) is 16.3. The number of nitrogens with zero attached hydrogens (tertiary/aromatic N) is 2. The minimum atomic E-state index is -0.751. The first kappa shape index (κ1) is 25.9. The Hall–Kier alpha value is -3.69. The molecule has 1 aliphatic rings. The van der Waals surface area contributed by atoms with E-state index in [9.17, 15) is 9.59 Å². The first-order valence-corrected chi connectivity index (χ1v) is 13.6. The number of hydrogen-bond donors (Lipinski definition) is 0. The van der Waals surface area contributed by atoms with Gasteiger partial charge in [-0.1, -0.05) is 51.5 Å². The molecule has 38 heavy (non-hydrogen) atoms. The number of aromatic nitrogens is 1. The zero-order chi connectivity index (χ0) is 27.0. The molecule has 0 saturated heterocycles. The zero-order valence-corrected chi connectivity index (χ0v) is 23.7. The van der Waals surface area contributed by atoms with Crippen molar-refractivity contribution in [3.63, 3.8) is 0 Å². The third kappa shape index (κ3) is 4.68. The fourth-order valence-electron chi connectivity index (χ4n) is 4.50. The number of halogens is 1. The average molecular weight is 593 g/mol. The van der Waals surface area contributed by atoms with Gasteiger partial charge in [-0.25, -0.2) is 9.79 Å². The van der Waals surface area contributed by atoms with Crippen LogP contribution in [0.5, 0.6) is 5.75 Å². The van der Waals surface area contributed by atoms with Crippen LogP contribution < -0.4 is 19.6 Å². The Kier molecular flexibility index (Phi) is 7.23. The molecule has 0 fully saturated rings. The number of furan rings is 1. The summed E-state index contributed by atoms with van der Waals surface area (Å²) in [6.07, 6.45) is 1.71. The van der Waals surface area contributed by atoms with Crippen molar-refractivity contribution in [2.45, 2.75) is 26.8 Å². The van der Waals surface area contributed by atoms with Crippen molar-refractivity contribution in [1.29, 1.82) is 0 Å². The lowest BCUT2D eigenvalue weighted by Crippen LogP contribution is -2.40. The second kappa shape index (κ2) is 10.6.